The Labute approximate surface area is 111 Å². The molecule has 4 nitrogen and oxygen atoms in total. The van der Waals surface area contributed by atoms with Crippen molar-refractivity contribution in [2.24, 2.45) is 5.92 Å². The molecular formula is C14H18FNO3. The molecule has 0 saturated carbocycles. The summed E-state index contributed by atoms with van der Waals surface area (Å²) in [7, 11) is 0. The van der Waals surface area contributed by atoms with E-state index in [0.29, 0.717) is 12.0 Å². The fourth-order valence-corrected chi connectivity index (χ4v) is 1.70. The van der Waals surface area contributed by atoms with E-state index in [2.05, 4.69) is 5.32 Å². The first-order valence-corrected chi connectivity index (χ1v) is 6.15. The van der Waals surface area contributed by atoms with Gasteiger partial charge in [0.05, 0.1) is 5.92 Å². The van der Waals surface area contributed by atoms with E-state index >= 15 is 0 Å². The highest BCUT2D eigenvalue weighted by Gasteiger charge is 2.20. The topological polar surface area (TPSA) is 66.4 Å². The van der Waals surface area contributed by atoms with Crippen molar-refractivity contribution in [3.05, 3.63) is 35.6 Å². The zero-order valence-corrected chi connectivity index (χ0v) is 11.0. The molecule has 0 spiro atoms. The lowest BCUT2D eigenvalue weighted by atomic mass is 9.99. The van der Waals surface area contributed by atoms with Crippen molar-refractivity contribution in [3.8, 4) is 0 Å². The summed E-state index contributed by atoms with van der Waals surface area (Å²) in [6, 6.07) is 5.26. The van der Waals surface area contributed by atoms with Crippen LogP contribution in [0.4, 0.5) is 4.39 Å². The Morgan fingerprint density at radius 2 is 1.84 bits per heavy atom. The van der Waals surface area contributed by atoms with Crippen molar-refractivity contribution < 1.29 is 19.1 Å². The molecular weight excluding hydrogens is 249 g/mol. The van der Waals surface area contributed by atoms with Gasteiger partial charge in [0.1, 0.15) is 5.82 Å². The van der Waals surface area contributed by atoms with Crippen molar-refractivity contribution in [2.75, 3.05) is 6.54 Å². The predicted molar refractivity (Wildman–Crippen MR) is 69.2 cm³/mol. The molecule has 0 saturated heterocycles. The monoisotopic (exact) mass is 267 g/mol. The van der Waals surface area contributed by atoms with Gasteiger partial charge in [-0.05, 0) is 23.6 Å². The third kappa shape index (κ3) is 5.07. The molecule has 1 rings (SSSR count). The molecule has 1 aromatic rings. The van der Waals surface area contributed by atoms with Gasteiger partial charge in [0.2, 0.25) is 5.91 Å². The molecule has 0 aliphatic carbocycles. The van der Waals surface area contributed by atoms with Crippen LogP contribution >= 0.6 is 0 Å². The highest BCUT2D eigenvalue weighted by molar-refractivity contribution is 5.79. The number of halogens is 1. The molecule has 0 bridgehead atoms. The molecule has 0 radical (unpaired) electrons. The zero-order chi connectivity index (χ0) is 14.4. The van der Waals surface area contributed by atoms with E-state index < -0.39 is 17.7 Å². The highest BCUT2D eigenvalue weighted by atomic mass is 19.1. The lowest BCUT2D eigenvalue weighted by Crippen LogP contribution is -2.32. The zero-order valence-electron chi connectivity index (χ0n) is 11.0. The van der Waals surface area contributed by atoms with Gasteiger partial charge in [0, 0.05) is 13.0 Å². The Morgan fingerprint density at radius 3 is 2.32 bits per heavy atom. The summed E-state index contributed by atoms with van der Waals surface area (Å²) in [4.78, 5) is 22.7. The van der Waals surface area contributed by atoms with Crippen LogP contribution in [0.25, 0.3) is 0 Å². The van der Waals surface area contributed by atoms with Gasteiger partial charge in [-0.1, -0.05) is 26.0 Å². The molecule has 1 unspecified atom stereocenters. The van der Waals surface area contributed by atoms with Gasteiger partial charge in [-0.25, -0.2) is 4.39 Å². The number of carbonyl (C=O) groups is 2. The van der Waals surface area contributed by atoms with E-state index in [1.54, 1.807) is 0 Å². The molecule has 0 aromatic heterocycles. The maximum absolute atomic E-state index is 12.8. The SMILES string of the molecule is CC(C)CC(=O)NCC(C(=O)O)c1ccc(F)cc1. The molecule has 1 aromatic carbocycles. The number of carbonyl (C=O) groups excluding carboxylic acids is 1. The number of rotatable bonds is 6. The van der Waals surface area contributed by atoms with Gasteiger partial charge in [0.15, 0.2) is 0 Å². The molecule has 5 heteroatoms. The van der Waals surface area contributed by atoms with Crippen LogP contribution in [0, 0.1) is 11.7 Å². The van der Waals surface area contributed by atoms with E-state index in [9.17, 15) is 14.0 Å². The summed E-state index contributed by atoms with van der Waals surface area (Å²) in [5, 5.41) is 11.7. The second kappa shape index (κ2) is 6.87. The first-order valence-electron chi connectivity index (χ1n) is 6.15. The third-order valence-electron chi connectivity index (χ3n) is 2.67. The number of amides is 1. The summed E-state index contributed by atoms with van der Waals surface area (Å²) >= 11 is 0. The molecule has 1 amide bonds. The van der Waals surface area contributed by atoms with Crippen molar-refractivity contribution >= 4 is 11.9 Å². The molecule has 0 fully saturated rings. The largest absolute Gasteiger partial charge is 0.481 e. The van der Waals surface area contributed by atoms with Crippen LogP contribution in [0.1, 0.15) is 31.7 Å². The summed E-state index contributed by atoms with van der Waals surface area (Å²) in [5.41, 5.74) is 0.471. The van der Waals surface area contributed by atoms with E-state index in [1.807, 2.05) is 13.8 Å². The Balaban J connectivity index is 2.66. The van der Waals surface area contributed by atoms with Crippen LogP contribution in [0.2, 0.25) is 0 Å². The molecule has 0 aliphatic heterocycles. The maximum atomic E-state index is 12.8. The van der Waals surface area contributed by atoms with Gasteiger partial charge in [-0.3, -0.25) is 9.59 Å². The molecule has 19 heavy (non-hydrogen) atoms. The highest BCUT2D eigenvalue weighted by Crippen LogP contribution is 2.16. The number of hydrogen-bond donors (Lipinski definition) is 2. The lowest BCUT2D eigenvalue weighted by Gasteiger charge is -2.14. The second-order valence-electron chi connectivity index (χ2n) is 4.84. The quantitative estimate of drug-likeness (QED) is 0.830. The van der Waals surface area contributed by atoms with Gasteiger partial charge in [0.25, 0.3) is 0 Å². The lowest BCUT2D eigenvalue weighted by molar-refractivity contribution is -0.138. The average molecular weight is 267 g/mol. The van der Waals surface area contributed by atoms with Gasteiger partial charge in [-0.2, -0.15) is 0 Å². The van der Waals surface area contributed by atoms with Gasteiger partial charge >= 0.3 is 5.97 Å². The number of carboxylic acids is 1. The number of benzene rings is 1. The normalized spacial score (nSPS) is 12.2. The predicted octanol–water partition coefficient (Wildman–Crippen LogP) is 2.16. The molecule has 0 heterocycles. The Morgan fingerprint density at radius 1 is 1.26 bits per heavy atom. The number of carboxylic acid groups (broad SMARTS) is 1. The maximum Gasteiger partial charge on any atom is 0.312 e. The molecule has 104 valence electrons. The minimum atomic E-state index is -1.04. The first-order chi connectivity index (χ1) is 8.90. The summed E-state index contributed by atoms with van der Waals surface area (Å²) in [6.07, 6.45) is 0.357. The van der Waals surface area contributed by atoms with E-state index in [4.69, 9.17) is 5.11 Å². The van der Waals surface area contributed by atoms with Crippen LogP contribution in [0.15, 0.2) is 24.3 Å². The van der Waals surface area contributed by atoms with Crippen LogP contribution in [-0.4, -0.2) is 23.5 Å². The van der Waals surface area contributed by atoms with Crippen molar-refractivity contribution in [1.29, 1.82) is 0 Å². The van der Waals surface area contributed by atoms with Crippen molar-refractivity contribution in [2.45, 2.75) is 26.2 Å². The Hall–Kier alpha value is -1.91. The summed E-state index contributed by atoms with van der Waals surface area (Å²) in [5.74, 6) is -2.29. The van der Waals surface area contributed by atoms with Crippen LogP contribution in [0.5, 0.6) is 0 Å². The Bertz CT molecular complexity index is 443. The van der Waals surface area contributed by atoms with Gasteiger partial charge < -0.3 is 10.4 Å². The number of aliphatic carboxylic acids is 1. The minimum Gasteiger partial charge on any atom is -0.481 e. The smallest absolute Gasteiger partial charge is 0.312 e. The standard InChI is InChI=1S/C14H18FNO3/c1-9(2)7-13(17)16-8-12(14(18)19)10-3-5-11(15)6-4-10/h3-6,9,12H,7-8H2,1-2H3,(H,16,17)(H,18,19). The number of hydrogen-bond acceptors (Lipinski definition) is 2. The summed E-state index contributed by atoms with van der Waals surface area (Å²) < 4.78 is 12.8. The number of nitrogens with one attached hydrogen (secondary N) is 1. The molecule has 2 N–H and O–H groups in total. The van der Waals surface area contributed by atoms with Crippen LogP contribution < -0.4 is 5.32 Å². The fraction of sp³-hybridized carbons (Fsp3) is 0.429. The van der Waals surface area contributed by atoms with E-state index in [1.165, 1.54) is 24.3 Å². The minimum absolute atomic E-state index is 0.00647. The van der Waals surface area contributed by atoms with Crippen molar-refractivity contribution in [1.82, 2.24) is 5.32 Å². The second-order valence-corrected chi connectivity index (χ2v) is 4.84. The Kier molecular flexibility index (Phi) is 5.48. The van der Waals surface area contributed by atoms with Crippen LogP contribution in [-0.2, 0) is 9.59 Å². The average Bonchev–Trinajstić information content (AvgIpc) is 2.30. The summed E-state index contributed by atoms with van der Waals surface area (Å²) in [6.45, 7) is 3.83. The van der Waals surface area contributed by atoms with Gasteiger partial charge in [-0.15, -0.1) is 0 Å². The van der Waals surface area contributed by atoms with Crippen molar-refractivity contribution in [3.63, 3.8) is 0 Å². The third-order valence-corrected chi connectivity index (χ3v) is 2.67. The first kappa shape index (κ1) is 15.1. The molecule has 0 aliphatic rings. The molecule has 1 atom stereocenters. The van der Waals surface area contributed by atoms with Crippen LogP contribution in [0.3, 0.4) is 0 Å². The van der Waals surface area contributed by atoms with E-state index in [0.717, 1.165) is 0 Å². The van der Waals surface area contributed by atoms with E-state index in [-0.39, 0.29) is 18.4 Å². The fourth-order valence-electron chi connectivity index (χ4n) is 1.70.